The van der Waals surface area contributed by atoms with E-state index in [0.717, 1.165) is 17.8 Å². The molecule has 0 heterocycles. The molecule has 0 saturated heterocycles. The lowest BCUT2D eigenvalue weighted by Crippen LogP contribution is -1.86. The van der Waals surface area contributed by atoms with Crippen LogP contribution in [0, 0.1) is 5.92 Å². The molecule has 0 N–H and O–H groups in total. The van der Waals surface area contributed by atoms with E-state index in [2.05, 4.69) is 23.6 Å². The molecular weight excluding hydrogens is 148 g/mol. The summed E-state index contributed by atoms with van der Waals surface area (Å²) in [5.41, 5.74) is 2.21. The number of aliphatic imine (C=N–C) groups is 2. The summed E-state index contributed by atoms with van der Waals surface area (Å²) in [6.07, 6.45) is 5.38. The van der Waals surface area contributed by atoms with Gasteiger partial charge in [-0.3, -0.25) is 9.98 Å². The second kappa shape index (κ2) is 4.19. The minimum absolute atomic E-state index is 0.649. The molecule has 0 radical (unpaired) electrons. The molecule has 0 bridgehead atoms. The highest BCUT2D eigenvalue weighted by atomic mass is 14.8. The van der Waals surface area contributed by atoms with Gasteiger partial charge < -0.3 is 0 Å². The molecule has 1 aliphatic carbocycles. The SMILES string of the molecule is C=N/C(=C\N=C(/C)CC)C1CC1. The molecule has 2 heteroatoms. The van der Waals surface area contributed by atoms with Gasteiger partial charge in [0.2, 0.25) is 0 Å². The van der Waals surface area contributed by atoms with E-state index < -0.39 is 0 Å². The maximum Gasteiger partial charge on any atom is 0.0609 e. The van der Waals surface area contributed by atoms with Gasteiger partial charge in [0.25, 0.3) is 0 Å². The highest BCUT2D eigenvalue weighted by Crippen LogP contribution is 2.36. The molecule has 1 saturated carbocycles. The van der Waals surface area contributed by atoms with Crippen molar-refractivity contribution in [2.45, 2.75) is 33.1 Å². The van der Waals surface area contributed by atoms with Crippen molar-refractivity contribution in [3.05, 3.63) is 11.9 Å². The number of hydrogen-bond donors (Lipinski definition) is 0. The second-order valence-electron chi connectivity index (χ2n) is 3.20. The van der Waals surface area contributed by atoms with Gasteiger partial charge in [-0.2, -0.15) is 0 Å². The Labute approximate surface area is 74.1 Å². The van der Waals surface area contributed by atoms with Crippen LogP contribution in [0.3, 0.4) is 0 Å². The van der Waals surface area contributed by atoms with Crippen LogP contribution in [-0.2, 0) is 0 Å². The number of hydrogen-bond acceptors (Lipinski definition) is 2. The molecular formula is C10H16N2. The van der Waals surface area contributed by atoms with Crippen molar-refractivity contribution in [1.82, 2.24) is 0 Å². The van der Waals surface area contributed by atoms with Crippen LogP contribution in [0.2, 0.25) is 0 Å². The maximum absolute atomic E-state index is 4.30. The highest BCUT2D eigenvalue weighted by molar-refractivity contribution is 5.82. The van der Waals surface area contributed by atoms with Crippen LogP contribution in [-0.4, -0.2) is 12.4 Å². The molecule has 0 aromatic heterocycles. The lowest BCUT2D eigenvalue weighted by Gasteiger charge is -1.94. The number of allylic oxidation sites excluding steroid dienone is 1. The van der Waals surface area contributed by atoms with Crippen LogP contribution in [0.15, 0.2) is 21.9 Å². The fourth-order valence-corrected chi connectivity index (χ4v) is 0.922. The van der Waals surface area contributed by atoms with Crippen molar-refractivity contribution in [1.29, 1.82) is 0 Å². The second-order valence-corrected chi connectivity index (χ2v) is 3.20. The van der Waals surface area contributed by atoms with Crippen molar-refractivity contribution in [2.24, 2.45) is 15.9 Å². The summed E-state index contributed by atoms with van der Waals surface area (Å²) in [6, 6.07) is 0. The Morgan fingerprint density at radius 1 is 1.58 bits per heavy atom. The quantitative estimate of drug-likeness (QED) is 0.571. The largest absolute Gasteiger partial charge is 0.267 e. The minimum atomic E-state index is 0.649. The van der Waals surface area contributed by atoms with Crippen molar-refractivity contribution in [3.63, 3.8) is 0 Å². The average Bonchev–Trinajstić information content (AvgIpc) is 2.89. The zero-order valence-electron chi connectivity index (χ0n) is 7.88. The fraction of sp³-hybridized carbons (Fsp3) is 0.600. The lowest BCUT2D eigenvalue weighted by molar-refractivity contribution is 0.975. The zero-order chi connectivity index (χ0) is 8.97. The Kier molecular flexibility index (Phi) is 3.20. The third-order valence-corrected chi connectivity index (χ3v) is 2.11. The number of rotatable bonds is 4. The van der Waals surface area contributed by atoms with E-state index in [4.69, 9.17) is 0 Å². The summed E-state index contributed by atoms with van der Waals surface area (Å²) in [7, 11) is 0. The molecule has 0 amide bonds. The average molecular weight is 164 g/mol. The smallest absolute Gasteiger partial charge is 0.0609 e. The Morgan fingerprint density at radius 3 is 2.67 bits per heavy atom. The first kappa shape index (κ1) is 9.17. The van der Waals surface area contributed by atoms with Gasteiger partial charge in [0.05, 0.1) is 5.70 Å². The van der Waals surface area contributed by atoms with Gasteiger partial charge in [-0.25, -0.2) is 0 Å². The minimum Gasteiger partial charge on any atom is -0.267 e. The molecule has 1 fully saturated rings. The highest BCUT2D eigenvalue weighted by Gasteiger charge is 2.25. The summed E-state index contributed by atoms with van der Waals surface area (Å²) in [5, 5.41) is 0. The summed E-state index contributed by atoms with van der Waals surface area (Å²) in [6.45, 7) is 7.67. The molecule has 66 valence electrons. The fourth-order valence-electron chi connectivity index (χ4n) is 0.922. The van der Waals surface area contributed by atoms with E-state index >= 15 is 0 Å². The topological polar surface area (TPSA) is 24.7 Å². The Bertz CT molecular complexity index is 222. The van der Waals surface area contributed by atoms with Gasteiger partial charge in [0, 0.05) is 17.8 Å². The molecule has 0 spiro atoms. The monoisotopic (exact) mass is 164 g/mol. The molecule has 0 aromatic carbocycles. The van der Waals surface area contributed by atoms with E-state index in [1.165, 1.54) is 12.8 Å². The standard InChI is InChI=1S/C10H16N2/c1-4-8(2)12-7-10(11-3)9-5-6-9/h7,9H,3-6H2,1-2H3/b10-7-,12-8+. The molecule has 1 rings (SSSR count). The van der Waals surface area contributed by atoms with Crippen LogP contribution >= 0.6 is 0 Å². The van der Waals surface area contributed by atoms with E-state index in [1.54, 1.807) is 0 Å². The van der Waals surface area contributed by atoms with Crippen molar-refractivity contribution < 1.29 is 0 Å². The van der Waals surface area contributed by atoms with Crippen LogP contribution < -0.4 is 0 Å². The van der Waals surface area contributed by atoms with Crippen LogP contribution in [0.5, 0.6) is 0 Å². The van der Waals surface area contributed by atoms with E-state index in [9.17, 15) is 0 Å². The molecule has 0 aliphatic heterocycles. The first-order valence-corrected chi connectivity index (χ1v) is 4.48. The van der Waals surface area contributed by atoms with Crippen LogP contribution in [0.4, 0.5) is 0 Å². The van der Waals surface area contributed by atoms with Crippen LogP contribution in [0.25, 0.3) is 0 Å². The van der Waals surface area contributed by atoms with Gasteiger partial charge in [0.1, 0.15) is 0 Å². The molecule has 0 aromatic rings. The summed E-state index contributed by atoms with van der Waals surface area (Å²) in [4.78, 5) is 8.26. The Hall–Kier alpha value is -0.920. The number of nitrogens with zero attached hydrogens (tertiary/aromatic N) is 2. The first-order chi connectivity index (χ1) is 5.77. The van der Waals surface area contributed by atoms with Crippen molar-refractivity contribution in [3.8, 4) is 0 Å². The predicted octanol–water partition coefficient (Wildman–Crippen LogP) is 2.81. The first-order valence-electron chi connectivity index (χ1n) is 4.48. The summed E-state index contributed by atoms with van der Waals surface area (Å²) < 4.78 is 0. The third-order valence-electron chi connectivity index (χ3n) is 2.11. The van der Waals surface area contributed by atoms with E-state index in [1.807, 2.05) is 13.1 Å². The van der Waals surface area contributed by atoms with Gasteiger partial charge >= 0.3 is 0 Å². The van der Waals surface area contributed by atoms with Gasteiger partial charge in [-0.1, -0.05) is 6.92 Å². The van der Waals surface area contributed by atoms with Crippen molar-refractivity contribution >= 4 is 12.4 Å². The Balaban J connectivity index is 2.57. The normalized spacial score (nSPS) is 19.5. The van der Waals surface area contributed by atoms with Gasteiger partial charge in [0.15, 0.2) is 0 Å². The van der Waals surface area contributed by atoms with E-state index in [-0.39, 0.29) is 0 Å². The van der Waals surface area contributed by atoms with E-state index in [0.29, 0.717) is 5.92 Å². The summed E-state index contributed by atoms with van der Waals surface area (Å²) >= 11 is 0. The maximum atomic E-state index is 4.30. The third kappa shape index (κ3) is 2.61. The Morgan fingerprint density at radius 2 is 2.25 bits per heavy atom. The van der Waals surface area contributed by atoms with Crippen LogP contribution in [0.1, 0.15) is 33.1 Å². The predicted molar refractivity (Wildman–Crippen MR) is 53.8 cm³/mol. The lowest BCUT2D eigenvalue weighted by atomic mass is 10.3. The zero-order valence-corrected chi connectivity index (χ0v) is 7.88. The van der Waals surface area contributed by atoms with Gasteiger partial charge in [-0.15, -0.1) is 0 Å². The van der Waals surface area contributed by atoms with Gasteiger partial charge in [-0.05, 0) is 32.9 Å². The summed E-state index contributed by atoms with van der Waals surface area (Å²) in [5.74, 6) is 0.649. The van der Waals surface area contributed by atoms with Crippen molar-refractivity contribution in [2.75, 3.05) is 0 Å². The molecule has 0 atom stereocenters. The molecule has 0 unspecified atom stereocenters. The molecule has 1 aliphatic rings. The molecule has 2 nitrogen and oxygen atoms in total. The molecule has 12 heavy (non-hydrogen) atoms.